The highest BCUT2D eigenvalue weighted by Gasteiger charge is 2.28. The Labute approximate surface area is 99.4 Å². The first kappa shape index (κ1) is 12.1. The van der Waals surface area contributed by atoms with Crippen LogP contribution in [-0.4, -0.2) is 30.3 Å². The number of carbonyl (C=O) groups is 1. The van der Waals surface area contributed by atoms with Gasteiger partial charge in [-0.2, -0.15) is 0 Å². The van der Waals surface area contributed by atoms with Crippen LogP contribution in [0.5, 0.6) is 0 Å². The molecule has 0 radical (unpaired) electrons. The highest BCUT2D eigenvalue weighted by atomic mass is 16.1. The fourth-order valence-corrected chi connectivity index (χ4v) is 3.13. The molecular weight excluding hydrogens is 198 g/mol. The maximum atomic E-state index is 11.9. The van der Waals surface area contributed by atoms with E-state index in [1.54, 1.807) is 0 Å². The Hall–Kier alpha value is -0.370. The van der Waals surface area contributed by atoms with Gasteiger partial charge in [-0.25, -0.2) is 0 Å². The molecule has 0 spiro atoms. The molecule has 2 nitrogen and oxygen atoms in total. The molecule has 2 rings (SSSR count). The number of ketones is 1. The molecule has 0 amide bonds. The second kappa shape index (κ2) is 5.81. The number of carbonyl (C=O) groups excluding carboxylic acids is 1. The highest BCUT2D eigenvalue weighted by molar-refractivity contribution is 5.81. The lowest BCUT2D eigenvalue weighted by atomic mass is 9.81. The Balaban J connectivity index is 1.84. The van der Waals surface area contributed by atoms with E-state index in [1.165, 1.54) is 38.8 Å². The molecule has 92 valence electrons. The molecule has 1 saturated carbocycles. The van der Waals surface area contributed by atoms with E-state index in [4.69, 9.17) is 0 Å². The predicted octanol–water partition coefficient (Wildman–Crippen LogP) is 2.87. The first-order valence-electron chi connectivity index (χ1n) is 7.01. The van der Waals surface area contributed by atoms with Gasteiger partial charge in [-0.3, -0.25) is 4.79 Å². The third-order valence-electron chi connectivity index (χ3n) is 4.20. The van der Waals surface area contributed by atoms with Gasteiger partial charge in [0.05, 0.1) is 0 Å². The van der Waals surface area contributed by atoms with Crippen LogP contribution in [0.25, 0.3) is 0 Å². The summed E-state index contributed by atoms with van der Waals surface area (Å²) in [6, 6.07) is 0. The molecule has 1 aliphatic heterocycles. The van der Waals surface area contributed by atoms with E-state index in [0.29, 0.717) is 11.7 Å². The average molecular weight is 223 g/mol. The fourth-order valence-electron chi connectivity index (χ4n) is 3.13. The summed E-state index contributed by atoms with van der Waals surface area (Å²) in [6.07, 6.45) is 8.51. The number of hydrogen-bond acceptors (Lipinski definition) is 2. The smallest absolute Gasteiger partial charge is 0.137 e. The Morgan fingerprint density at radius 1 is 1.19 bits per heavy atom. The van der Waals surface area contributed by atoms with Crippen molar-refractivity contribution in [3.05, 3.63) is 0 Å². The zero-order valence-corrected chi connectivity index (χ0v) is 10.6. The van der Waals surface area contributed by atoms with Crippen molar-refractivity contribution in [1.29, 1.82) is 0 Å². The lowest BCUT2D eigenvalue weighted by molar-refractivity contribution is -0.126. The molecule has 1 saturated heterocycles. The van der Waals surface area contributed by atoms with E-state index in [9.17, 15) is 4.79 Å². The van der Waals surface area contributed by atoms with Crippen molar-refractivity contribution in [3.8, 4) is 0 Å². The van der Waals surface area contributed by atoms with Crippen molar-refractivity contribution >= 4 is 5.78 Å². The van der Waals surface area contributed by atoms with E-state index >= 15 is 0 Å². The van der Waals surface area contributed by atoms with Crippen LogP contribution in [0.2, 0.25) is 0 Å². The van der Waals surface area contributed by atoms with Gasteiger partial charge < -0.3 is 4.90 Å². The van der Waals surface area contributed by atoms with Gasteiger partial charge in [0.25, 0.3) is 0 Å². The van der Waals surface area contributed by atoms with Crippen LogP contribution in [0.1, 0.15) is 51.9 Å². The summed E-state index contributed by atoms with van der Waals surface area (Å²) in [7, 11) is 0. The molecule has 2 aliphatic rings. The lowest BCUT2D eigenvalue weighted by Gasteiger charge is -2.30. The van der Waals surface area contributed by atoms with Gasteiger partial charge in [0, 0.05) is 18.9 Å². The van der Waals surface area contributed by atoms with Crippen molar-refractivity contribution in [3.63, 3.8) is 0 Å². The van der Waals surface area contributed by atoms with Gasteiger partial charge >= 0.3 is 0 Å². The molecule has 2 unspecified atom stereocenters. The SMILES string of the molecule is CC1CCC(=O)C(CN2CCCCCC2)C1. The average Bonchev–Trinajstić information content (AvgIpc) is 2.52. The van der Waals surface area contributed by atoms with Crippen LogP contribution >= 0.6 is 0 Å². The number of likely N-dealkylation sites (tertiary alicyclic amines) is 1. The minimum Gasteiger partial charge on any atom is -0.303 e. The summed E-state index contributed by atoms with van der Waals surface area (Å²) in [6.45, 7) is 5.78. The molecule has 1 aliphatic carbocycles. The van der Waals surface area contributed by atoms with Crippen LogP contribution in [0.4, 0.5) is 0 Å². The molecule has 0 aromatic rings. The molecule has 2 fully saturated rings. The molecular formula is C14H25NO. The largest absolute Gasteiger partial charge is 0.303 e. The monoisotopic (exact) mass is 223 g/mol. The Morgan fingerprint density at radius 2 is 1.88 bits per heavy atom. The number of Topliss-reactive ketones (excluding diaryl/α,β-unsaturated/α-hetero) is 1. The van der Waals surface area contributed by atoms with Gasteiger partial charge in [0.15, 0.2) is 0 Å². The number of hydrogen-bond donors (Lipinski definition) is 0. The molecule has 2 heteroatoms. The van der Waals surface area contributed by atoms with Crippen molar-refractivity contribution in [2.75, 3.05) is 19.6 Å². The Kier molecular flexibility index (Phi) is 4.39. The summed E-state index contributed by atoms with van der Waals surface area (Å²) in [5.74, 6) is 1.64. The lowest BCUT2D eigenvalue weighted by Crippen LogP contribution is -2.36. The third kappa shape index (κ3) is 3.31. The zero-order chi connectivity index (χ0) is 11.4. The summed E-state index contributed by atoms with van der Waals surface area (Å²) < 4.78 is 0. The number of nitrogens with zero attached hydrogens (tertiary/aromatic N) is 1. The second-order valence-electron chi connectivity index (χ2n) is 5.76. The maximum absolute atomic E-state index is 11.9. The second-order valence-corrected chi connectivity index (χ2v) is 5.76. The summed E-state index contributed by atoms with van der Waals surface area (Å²) in [4.78, 5) is 14.4. The first-order chi connectivity index (χ1) is 7.75. The molecule has 1 heterocycles. The van der Waals surface area contributed by atoms with Crippen LogP contribution in [-0.2, 0) is 4.79 Å². The van der Waals surface area contributed by atoms with Crippen LogP contribution in [0.3, 0.4) is 0 Å². The van der Waals surface area contributed by atoms with Crippen molar-refractivity contribution < 1.29 is 4.79 Å². The third-order valence-corrected chi connectivity index (χ3v) is 4.20. The predicted molar refractivity (Wildman–Crippen MR) is 66.4 cm³/mol. The Morgan fingerprint density at radius 3 is 2.56 bits per heavy atom. The summed E-state index contributed by atoms with van der Waals surface area (Å²) in [5.41, 5.74) is 0. The highest BCUT2D eigenvalue weighted by Crippen LogP contribution is 2.27. The van der Waals surface area contributed by atoms with Crippen molar-refractivity contribution in [1.82, 2.24) is 4.90 Å². The molecule has 0 aromatic heterocycles. The van der Waals surface area contributed by atoms with Crippen LogP contribution < -0.4 is 0 Å². The van der Waals surface area contributed by atoms with E-state index in [1.807, 2.05) is 0 Å². The minimum absolute atomic E-state index is 0.349. The van der Waals surface area contributed by atoms with Crippen LogP contribution in [0, 0.1) is 11.8 Å². The van der Waals surface area contributed by atoms with Gasteiger partial charge in [-0.05, 0) is 44.7 Å². The zero-order valence-electron chi connectivity index (χ0n) is 10.6. The van der Waals surface area contributed by atoms with Gasteiger partial charge in [-0.1, -0.05) is 19.8 Å². The number of rotatable bonds is 2. The molecule has 0 N–H and O–H groups in total. The molecule has 2 atom stereocenters. The molecule has 0 aromatic carbocycles. The van der Waals surface area contributed by atoms with E-state index in [2.05, 4.69) is 11.8 Å². The quantitative estimate of drug-likeness (QED) is 0.717. The minimum atomic E-state index is 0.349. The normalized spacial score (nSPS) is 33.7. The first-order valence-corrected chi connectivity index (χ1v) is 7.01. The van der Waals surface area contributed by atoms with E-state index in [0.717, 1.165) is 31.7 Å². The van der Waals surface area contributed by atoms with Crippen molar-refractivity contribution in [2.45, 2.75) is 51.9 Å². The standard InChI is InChI=1S/C14H25NO/c1-12-6-7-14(16)13(10-12)11-15-8-4-2-3-5-9-15/h12-13H,2-11H2,1H3. The van der Waals surface area contributed by atoms with Gasteiger partial charge in [-0.15, -0.1) is 0 Å². The Bertz CT molecular complexity index is 231. The molecule has 0 bridgehead atoms. The summed E-state index contributed by atoms with van der Waals surface area (Å²) >= 11 is 0. The fraction of sp³-hybridized carbons (Fsp3) is 0.929. The maximum Gasteiger partial charge on any atom is 0.137 e. The molecule has 16 heavy (non-hydrogen) atoms. The van der Waals surface area contributed by atoms with E-state index in [-0.39, 0.29) is 0 Å². The van der Waals surface area contributed by atoms with Crippen molar-refractivity contribution in [2.24, 2.45) is 11.8 Å². The van der Waals surface area contributed by atoms with Gasteiger partial charge in [0.1, 0.15) is 5.78 Å². The van der Waals surface area contributed by atoms with E-state index < -0.39 is 0 Å². The topological polar surface area (TPSA) is 20.3 Å². The van der Waals surface area contributed by atoms with Gasteiger partial charge in [0.2, 0.25) is 0 Å². The van der Waals surface area contributed by atoms with Crippen LogP contribution in [0.15, 0.2) is 0 Å². The summed E-state index contributed by atoms with van der Waals surface area (Å²) in [5, 5.41) is 0.